The summed E-state index contributed by atoms with van der Waals surface area (Å²) >= 11 is 0. The van der Waals surface area contributed by atoms with Crippen LogP contribution >= 0.6 is 0 Å². The quantitative estimate of drug-likeness (QED) is 0.155. The Morgan fingerprint density at radius 1 is 0.468 bits per heavy atom. The predicted molar refractivity (Wildman–Crippen MR) is 259 cm³/mol. The van der Waals surface area contributed by atoms with Gasteiger partial charge in [-0.05, 0) is 99.1 Å². The van der Waals surface area contributed by atoms with Crippen LogP contribution in [0.5, 0.6) is 0 Å². The molecule has 6 heterocycles. The highest BCUT2D eigenvalue weighted by Crippen LogP contribution is 2.52. The maximum Gasteiger partial charge on any atom is 0.333 e. The van der Waals surface area contributed by atoms with Crippen LogP contribution in [-0.2, 0) is 10.8 Å². The molecular weight excluding hydrogens is 759 g/mol. The topological polar surface area (TPSA) is 47.6 Å². The van der Waals surface area contributed by atoms with Gasteiger partial charge in [0.15, 0.2) is 5.58 Å². The van der Waals surface area contributed by atoms with Gasteiger partial charge in [0.25, 0.3) is 0 Å². The Bertz CT molecular complexity index is 3970. The first kappa shape index (κ1) is 34.5. The van der Waals surface area contributed by atoms with Crippen molar-refractivity contribution in [3.05, 3.63) is 151 Å². The van der Waals surface area contributed by atoms with Gasteiger partial charge in [-0.1, -0.05) is 120 Å². The lowest BCUT2D eigenvalue weighted by Gasteiger charge is -2.42. The molecule has 62 heavy (non-hydrogen) atoms. The Hall–Kier alpha value is -7.18. The summed E-state index contributed by atoms with van der Waals surface area (Å²) < 4.78 is 23.5. The van der Waals surface area contributed by atoms with Crippen molar-refractivity contribution in [2.75, 3.05) is 4.81 Å². The molecule has 2 aliphatic rings. The molecule has 4 aromatic heterocycles. The molecule has 296 valence electrons. The minimum Gasteiger partial charge on any atom is -0.456 e. The molecule has 0 bridgehead atoms. The molecule has 0 N–H and O–H groups in total. The van der Waals surface area contributed by atoms with E-state index in [1.165, 1.54) is 43.9 Å². The molecule has 5 nitrogen and oxygen atoms in total. The fourth-order valence-electron chi connectivity index (χ4n) is 11.1. The first-order valence-corrected chi connectivity index (χ1v) is 21.8. The summed E-state index contributed by atoms with van der Waals surface area (Å²) in [5.74, 6) is 0. The van der Waals surface area contributed by atoms with Crippen LogP contribution in [0.25, 0.3) is 104 Å². The minimum atomic E-state index is -0.241. The lowest BCUT2D eigenvalue weighted by atomic mass is 9.43. The van der Waals surface area contributed by atoms with Crippen LogP contribution in [0.4, 0.5) is 11.4 Å². The first-order chi connectivity index (χ1) is 30.0. The van der Waals surface area contributed by atoms with E-state index in [2.05, 4.69) is 190 Å². The number of hydrogen-bond acceptors (Lipinski definition) is 4. The molecule has 0 atom stereocenters. The summed E-state index contributed by atoms with van der Waals surface area (Å²) in [6.45, 7) is 13.7. The van der Waals surface area contributed by atoms with Crippen molar-refractivity contribution in [3.63, 3.8) is 0 Å². The lowest BCUT2D eigenvalue weighted by molar-refractivity contribution is 0.590. The van der Waals surface area contributed by atoms with Gasteiger partial charge in [-0.15, -0.1) is 0 Å². The summed E-state index contributed by atoms with van der Waals surface area (Å²) in [6.07, 6.45) is 0. The van der Waals surface area contributed by atoms with Crippen LogP contribution < -0.4 is 15.7 Å². The van der Waals surface area contributed by atoms with E-state index in [-0.39, 0.29) is 17.7 Å². The molecule has 14 rings (SSSR count). The SMILES string of the molecule is CC(C)(C)c1ccc2c(c1)c1cc(C(C)(C)C)cc3c1n2-c1c2c(cc4oc5ccccc5c14)-c1c(ccc4c1oc1ccccc14)N(c1cccc4c1oc1ccccc14)B23. The highest BCUT2D eigenvalue weighted by molar-refractivity contribution is 6.94. The summed E-state index contributed by atoms with van der Waals surface area (Å²) in [6, 6.07) is 51.0. The second-order valence-electron chi connectivity index (χ2n) is 19.6. The zero-order valence-corrected chi connectivity index (χ0v) is 35.5. The molecule has 0 unspecified atom stereocenters. The molecule has 0 amide bonds. The minimum absolute atomic E-state index is 0.0283. The van der Waals surface area contributed by atoms with Gasteiger partial charge in [0.05, 0.1) is 27.8 Å². The monoisotopic (exact) mass is 800 g/mol. The maximum absolute atomic E-state index is 7.03. The Balaban J connectivity index is 1.25. The van der Waals surface area contributed by atoms with E-state index < -0.39 is 0 Å². The maximum atomic E-state index is 7.03. The summed E-state index contributed by atoms with van der Waals surface area (Å²) in [4.78, 5) is 2.58. The third-order valence-corrected chi connectivity index (χ3v) is 14.0. The van der Waals surface area contributed by atoms with Gasteiger partial charge in [-0.2, -0.15) is 0 Å². The van der Waals surface area contributed by atoms with Gasteiger partial charge in [0.2, 0.25) is 0 Å². The van der Waals surface area contributed by atoms with E-state index in [1.54, 1.807) is 0 Å². The van der Waals surface area contributed by atoms with Crippen LogP contribution in [-0.4, -0.2) is 11.4 Å². The van der Waals surface area contributed by atoms with Crippen molar-refractivity contribution in [2.45, 2.75) is 52.4 Å². The summed E-state index contributed by atoms with van der Waals surface area (Å²) in [7, 11) is 0. The number of aromatic nitrogens is 1. The van der Waals surface area contributed by atoms with E-state index in [9.17, 15) is 0 Å². The van der Waals surface area contributed by atoms with Gasteiger partial charge in [-0.25, -0.2) is 0 Å². The fourth-order valence-corrected chi connectivity index (χ4v) is 11.1. The van der Waals surface area contributed by atoms with Crippen LogP contribution in [0.1, 0.15) is 52.7 Å². The molecule has 0 radical (unpaired) electrons. The van der Waals surface area contributed by atoms with Crippen LogP contribution in [0, 0.1) is 0 Å². The van der Waals surface area contributed by atoms with E-state index in [4.69, 9.17) is 13.3 Å². The molecule has 0 saturated heterocycles. The van der Waals surface area contributed by atoms with Crippen molar-refractivity contribution in [3.8, 4) is 16.8 Å². The fraction of sp³-hybridized carbons (Fsp3) is 0.143. The van der Waals surface area contributed by atoms with Gasteiger partial charge < -0.3 is 22.6 Å². The zero-order valence-electron chi connectivity index (χ0n) is 35.5. The van der Waals surface area contributed by atoms with Crippen LogP contribution in [0.2, 0.25) is 0 Å². The van der Waals surface area contributed by atoms with Gasteiger partial charge in [0.1, 0.15) is 27.9 Å². The van der Waals surface area contributed by atoms with E-state index in [1.807, 2.05) is 0 Å². The number of furan rings is 3. The van der Waals surface area contributed by atoms with Crippen molar-refractivity contribution in [1.29, 1.82) is 0 Å². The molecule has 12 aromatic rings. The van der Waals surface area contributed by atoms with Gasteiger partial charge in [-0.3, -0.25) is 0 Å². The number of para-hydroxylation sites is 4. The van der Waals surface area contributed by atoms with Gasteiger partial charge in [0, 0.05) is 49.0 Å². The molecule has 6 heteroatoms. The first-order valence-electron chi connectivity index (χ1n) is 21.8. The normalized spacial score (nSPS) is 13.9. The van der Waals surface area contributed by atoms with Crippen molar-refractivity contribution in [1.82, 2.24) is 4.57 Å². The third-order valence-electron chi connectivity index (χ3n) is 14.0. The number of nitrogens with zero attached hydrogens (tertiary/aromatic N) is 2. The molecule has 8 aromatic carbocycles. The summed E-state index contributed by atoms with van der Waals surface area (Å²) in [5, 5.41) is 9.16. The molecule has 0 aliphatic carbocycles. The Morgan fingerprint density at radius 2 is 1.10 bits per heavy atom. The van der Waals surface area contributed by atoms with Crippen LogP contribution in [0.15, 0.2) is 153 Å². The molecule has 0 spiro atoms. The average molecular weight is 801 g/mol. The largest absolute Gasteiger partial charge is 0.456 e. The van der Waals surface area contributed by atoms with E-state index in [0.717, 1.165) is 94.0 Å². The number of hydrogen-bond donors (Lipinski definition) is 0. The highest BCUT2D eigenvalue weighted by atomic mass is 16.3. The zero-order chi connectivity index (χ0) is 41.6. The molecule has 0 fully saturated rings. The Kier molecular flexibility index (Phi) is 6.34. The van der Waals surface area contributed by atoms with Crippen molar-refractivity contribution >= 4 is 117 Å². The molecular formula is C56H41BN2O3. The smallest absolute Gasteiger partial charge is 0.333 e. The number of anilines is 2. The second kappa shape index (κ2) is 11.4. The average Bonchev–Trinajstić information content (AvgIpc) is 4.03. The van der Waals surface area contributed by atoms with Crippen molar-refractivity contribution in [2.24, 2.45) is 0 Å². The van der Waals surface area contributed by atoms with Crippen molar-refractivity contribution < 1.29 is 13.3 Å². The van der Waals surface area contributed by atoms with E-state index >= 15 is 0 Å². The van der Waals surface area contributed by atoms with E-state index in [0.29, 0.717) is 0 Å². The lowest BCUT2D eigenvalue weighted by Crippen LogP contribution is -2.61. The second-order valence-corrected chi connectivity index (χ2v) is 19.6. The third kappa shape index (κ3) is 4.29. The number of rotatable bonds is 1. The predicted octanol–water partition coefficient (Wildman–Crippen LogP) is 14.3. The number of benzene rings is 8. The highest BCUT2D eigenvalue weighted by Gasteiger charge is 2.47. The van der Waals surface area contributed by atoms with Gasteiger partial charge >= 0.3 is 6.85 Å². The van der Waals surface area contributed by atoms with Crippen LogP contribution in [0.3, 0.4) is 0 Å². The Labute approximate surface area is 357 Å². The number of fused-ring (bicyclic) bond motifs is 18. The molecule has 0 saturated carbocycles. The standard InChI is InChI=1S/C56H41BN2O3/c1-55(2,3)30-22-24-41-37(26-30)38-27-31(56(4,5)6)28-40-51(38)58(41)52-49-36-16-9-12-21-46(36)60-47(49)29-39-48-42(25-23-35-33-15-8-11-20-45(33)62-54(35)48)59(57(40)50(39)52)43-18-13-17-34-32-14-7-10-19-44(32)61-53(34)43/h7-29H,1-6H3. The Morgan fingerprint density at radius 3 is 1.82 bits per heavy atom. The summed E-state index contributed by atoms with van der Waals surface area (Å²) in [5.41, 5.74) is 18.0. The molecule has 2 aliphatic heterocycles.